The summed E-state index contributed by atoms with van der Waals surface area (Å²) in [6.07, 6.45) is 5.25. The molecule has 1 heterocycles. The Labute approximate surface area is 103 Å². The van der Waals surface area contributed by atoms with E-state index in [0.29, 0.717) is 6.04 Å². The van der Waals surface area contributed by atoms with Crippen LogP contribution in [0.25, 0.3) is 0 Å². The van der Waals surface area contributed by atoms with Crippen molar-refractivity contribution in [2.75, 3.05) is 13.1 Å². The van der Waals surface area contributed by atoms with E-state index in [2.05, 4.69) is 16.3 Å². The fourth-order valence-corrected chi connectivity index (χ4v) is 3.21. The number of hydrogen-bond donors (Lipinski definition) is 1. The van der Waals surface area contributed by atoms with Gasteiger partial charge < -0.3 is 5.32 Å². The van der Waals surface area contributed by atoms with Gasteiger partial charge in [0.15, 0.2) is 0 Å². The molecule has 2 rings (SSSR count). The number of nitrogens with one attached hydrogen (secondary N) is 1. The van der Waals surface area contributed by atoms with E-state index >= 15 is 0 Å². The molecule has 2 fully saturated rings. The lowest BCUT2D eigenvalue weighted by Gasteiger charge is -2.43. The largest absolute Gasteiger partial charge is 0.353 e. The molecular weight excluding hydrogens is 214 g/mol. The lowest BCUT2D eigenvalue weighted by molar-refractivity contribution is -0.131. The molecule has 1 aliphatic heterocycles. The van der Waals surface area contributed by atoms with Crippen LogP contribution in [0.1, 0.15) is 39.0 Å². The van der Waals surface area contributed by atoms with Gasteiger partial charge in [0, 0.05) is 19.1 Å². The number of amides is 1. The van der Waals surface area contributed by atoms with Crippen LogP contribution in [0.4, 0.5) is 0 Å². The van der Waals surface area contributed by atoms with Gasteiger partial charge >= 0.3 is 0 Å². The van der Waals surface area contributed by atoms with Crippen LogP contribution in [0, 0.1) is 17.2 Å². The summed E-state index contributed by atoms with van der Waals surface area (Å²) in [5.41, 5.74) is 0. The molecule has 4 nitrogen and oxygen atoms in total. The van der Waals surface area contributed by atoms with Crippen LogP contribution in [0.3, 0.4) is 0 Å². The summed E-state index contributed by atoms with van der Waals surface area (Å²) >= 11 is 0. The first kappa shape index (κ1) is 12.4. The minimum absolute atomic E-state index is 0.0253. The van der Waals surface area contributed by atoms with Gasteiger partial charge in [0.25, 0.3) is 0 Å². The average Bonchev–Trinajstić information content (AvgIpc) is 2.38. The summed E-state index contributed by atoms with van der Waals surface area (Å²) in [7, 11) is 0. The van der Waals surface area contributed by atoms with Crippen LogP contribution < -0.4 is 5.32 Å². The normalized spacial score (nSPS) is 35.1. The van der Waals surface area contributed by atoms with Crippen LogP contribution in [0.2, 0.25) is 0 Å². The van der Waals surface area contributed by atoms with Crippen molar-refractivity contribution in [2.45, 2.75) is 51.1 Å². The van der Waals surface area contributed by atoms with Crippen LogP contribution in [0.5, 0.6) is 0 Å². The minimum atomic E-state index is -0.0253. The third-order valence-corrected chi connectivity index (χ3v) is 4.08. The van der Waals surface area contributed by atoms with E-state index in [1.165, 1.54) is 6.42 Å². The first-order valence-electron chi connectivity index (χ1n) is 6.71. The molecule has 1 N–H and O–H groups in total. The molecule has 0 aromatic heterocycles. The molecule has 3 unspecified atom stereocenters. The number of hydrogen-bond acceptors (Lipinski definition) is 3. The molecule has 1 saturated heterocycles. The Hall–Kier alpha value is -1.08. The second-order valence-electron chi connectivity index (χ2n) is 5.04. The van der Waals surface area contributed by atoms with Crippen molar-refractivity contribution >= 4 is 5.91 Å². The molecule has 17 heavy (non-hydrogen) atoms. The first-order valence-corrected chi connectivity index (χ1v) is 6.71. The predicted octanol–water partition coefficient (Wildman–Crippen LogP) is 1.28. The van der Waals surface area contributed by atoms with Gasteiger partial charge in [-0.1, -0.05) is 19.8 Å². The SMILES string of the molecule is CCC1C(=O)NCCN1C1CCCCC1C#N. The Morgan fingerprint density at radius 3 is 2.94 bits per heavy atom. The highest BCUT2D eigenvalue weighted by molar-refractivity contribution is 5.82. The lowest BCUT2D eigenvalue weighted by atomic mass is 9.83. The lowest BCUT2D eigenvalue weighted by Crippen LogP contribution is -2.60. The van der Waals surface area contributed by atoms with Crippen LogP contribution in [-0.4, -0.2) is 36.0 Å². The molecule has 0 bridgehead atoms. The molecule has 3 atom stereocenters. The third kappa shape index (κ3) is 2.44. The first-order chi connectivity index (χ1) is 8.27. The van der Waals surface area contributed by atoms with Crippen LogP contribution in [-0.2, 0) is 4.79 Å². The highest BCUT2D eigenvalue weighted by Gasteiger charge is 2.37. The van der Waals surface area contributed by atoms with Gasteiger partial charge in [-0.15, -0.1) is 0 Å². The highest BCUT2D eigenvalue weighted by atomic mass is 16.2. The summed E-state index contributed by atoms with van der Waals surface area (Å²) in [4.78, 5) is 14.1. The molecule has 1 saturated carbocycles. The van der Waals surface area contributed by atoms with Gasteiger partial charge in [0.2, 0.25) is 5.91 Å². The van der Waals surface area contributed by atoms with E-state index in [-0.39, 0.29) is 17.9 Å². The molecule has 0 aromatic rings. The zero-order valence-corrected chi connectivity index (χ0v) is 10.5. The Morgan fingerprint density at radius 2 is 2.24 bits per heavy atom. The monoisotopic (exact) mass is 235 g/mol. The quantitative estimate of drug-likeness (QED) is 0.784. The molecule has 4 heteroatoms. The Kier molecular flexibility index (Phi) is 4.01. The molecule has 0 aromatic carbocycles. The Balaban J connectivity index is 2.13. The number of carbonyl (C=O) groups is 1. The van der Waals surface area contributed by atoms with E-state index in [1.807, 2.05) is 6.92 Å². The minimum Gasteiger partial charge on any atom is -0.353 e. The summed E-state index contributed by atoms with van der Waals surface area (Å²) < 4.78 is 0. The summed E-state index contributed by atoms with van der Waals surface area (Å²) in [5.74, 6) is 0.254. The summed E-state index contributed by atoms with van der Waals surface area (Å²) in [5, 5.41) is 12.2. The van der Waals surface area contributed by atoms with Crippen LogP contribution in [0.15, 0.2) is 0 Å². The summed E-state index contributed by atoms with van der Waals surface area (Å²) in [6, 6.07) is 2.71. The Bertz CT molecular complexity index is 323. The maximum absolute atomic E-state index is 11.8. The van der Waals surface area contributed by atoms with Crippen molar-refractivity contribution in [3.63, 3.8) is 0 Å². The molecule has 2 aliphatic rings. The zero-order chi connectivity index (χ0) is 12.3. The molecule has 1 amide bonds. The highest BCUT2D eigenvalue weighted by Crippen LogP contribution is 2.30. The van der Waals surface area contributed by atoms with Crippen molar-refractivity contribution in [3.05, 3.63) is 0 Å². The van der Waals surface area contributed by atoms with Gasteiger partial charge in [-0.05, 0) is 19.3 Å². The fraction of sp³-hybridized carbons (Fsp3) is 0.846. The number of carbonyl (C=O) groups excluding carboxylic acids is 1. The smallest absolute Gasteiger partial charge is 0.237 e. The van der Waals surface area contributed by atoms with Gasteiger partial charge in [-0.3, -0.25) is 9.69 Å². The van der Waals surface area contributed by atoms with Crippen LogP contribution >= 0.6 is 0 Å². The van der Waals surface area contributed by atoms with E-state index in [4.69, 9.17) is 0 Å². The second kappa shape index (κ2) is 5.50. The van der Waals surface area contributed by atoms with Crippen molar-refractivity contribution in [1.29, 1.82) is 5.26 Å². The predicted molar refractivity (Wildman–Crippen MR) is 65.2 cm³/mol. The van der Waals surface area contributed by atoms with Crippen molar-refractivity contribution in [1.82, 2.24) is 10.2 Å². The van der Waals surface area contributed by atoms with Gasteiger partial charge in [-0.25, -0.2) is 0 Å². The standard InChI is InChI=1S/C13H21N3O/c1-2-11-13(17)15-7-8-16(11)12-6-4-3-5-10(12)9-14/h10-12H,2-8H2,1H3,(H,15,17). The van der Waals surface area contributed by atoms with E-state index in [9.17, 15) is 10.1 Å². The van der Waals surface area contributed by atoms with E-state index in [0.717, 1.165) is 38.8 Å². The molecule has 1 aliphatic carbocycles. The number of rotatable bonds is 2. The van der Waals surface area contributed by atoms with Crippen molar-refractivity contribution in [3.8, 4) is 6.07 Å². The number of nitriles is 1. The molecule has 0 radical (unpaired) electrons. The zero-order valence-electron chi connectivity index (χ0n) is 10.5. The van der Waals surface area contributed by atoms with Gasteiger partial charge in [0.05, 0.1) is 18.0 Å². The van der Waals surface area contributed by atoms with Gasteiger partial charge in [-0.2, -0.15) is 5.26 Å². The molecule has 0 spiro atoms. The van der Waals surface area contributed by atoms with Crippen molar-refractivity contribution < 1.29 is 4.79 Å². The average molecular weight is 235 g/mol. The summed E-state index contributed by atoms with van der Waals surface area (Å²) in [6.45, 7) is 3.67. The number of nitrogens with zero attached hydrogens (tertiary/aromatic N) is 2. The Morgan fingerprint density at radius 1 is 1.47 bits per heavy atom. The maximum Gasteiger partial charge on any atom is 0.237 e. The van der Waals surface area contributed by atoms with Gasteiger partial charge in [0.1, 0.15) is 0 Å². The van der Waals surface area contributed by atoms with Crippen molar-refractivity contribution in [2.24, 2.45) is 5.92 Å². The fourth-order valence-electron chi connectivity index (χ4n) is 3.21. The van der Waals surface area contributed by atoms with E-state index < -0.39 is 0 Å². The number of piperazine rings is 1. The molecular formula is C13H21N3O. The topological polar surface area (TPSA) is 56.1 Å². The maximum atomic E-state index is 11.8. The third-order valence-electron chi connectivity index (χ3n) is 4.08. The second-order valence-corrected chi connectivity index (χ2v) is 5.04. The molecule has 94 valence electrons. The van der Waals surface area contributed by atoms with E-state index in [1.54, 1.807) is 0 Å².